The van der Waals surface area contributed by atoms with Crippen molar-refractivity contribution >= 4 is 34.2 Å². The van der Waals surface area contributed by atoms with Crippen LogP contribution in [0.2, 0.25) is 5.02 Å². The van der Waals surface area contributed by atoms with Crippen LogP contribution < -0.4 is 14.8 Å². The third kappa shape index (κ3) is 5.07. The lowest BCUT2D eigenvalue weighted by atomic mass is 10.1. The van der Waals surface area contributed by atoms with E-state index >= 15 is 0 Å². The molecule has 6 nitrogen and oxygen atoms in total. The van der Waals surface area contributed by atoms with Crippen LogP contribution in [0.25, 0.3) is 22.3 Å². The highest BCUT2D eigenvalue weighted by Crippen LogP contribution is 2.33. The monoisotopic (exact) mass is 477 g/mol. The zero-order valence-corrected chi connectivity index (χ0v) is 20.1. The second kappa shape index (κ2) is 10.0. The van der Waals surface area contributed by atoms with Crippen LogP contribution in [-0.4, -0.2) is 26.3 Å². The summed E-state index contributed by atoms with van der Waals surface area (Å²) in [5, 5.41) is 2.01. The molecule has 0 saturated carbocycles. The van der Waals surface area contributed by atoms with Crippen molar-refractivity contribution in [1.29, 1.82) is 0 Å². The molecule has 0 aliphatic heterocycles. The summed E-state index contributed by atoms with van der Waals surface area (Å²) in [5.41, 5.74) is 2.58. The predicted molar refractivity (Wildman–Crippen MR) is 132 cm³/mol. The quantitative estimate of drug-likeness (QED) is 0.294. The second-order valence-corrected chi connectivity index (χ2v) is 8.26. The first-order valence-electron chi connectivity index (χ1n) is 10.7. The summed E-state index contributed by atoms with van der Waals surface area (Å²) in [7, 11) is 3.18. The number of fused-ring (bicyclic) bond motifs is 1. The van der Waals surface area contributed by atoms with E-state index < -0.39 is 0 Å². The van der Waals surface area contributed by atoms with E-state index in [1.165, 1.54) is 0 Å². The number of halogens is 1. The maximum absolute atomic E-state index is 12.1. The molecule has 174 valence electrons. The molecule has 1 heterocycles. The van der Waals surface area contributed by atoms with Crippen molar-refractivity contribution in [3.05, 3.63) is 82.7 Å². The van der Waals surface area contributed by atoms with E-state index in [0.29, 0.717) is 44.5 Å². The first-order chi connectivity index (χ1) is 16.4. The van der Waals surface area contributed by atoms with Crippen molar-refractivity contribution < 1.29 is 23.4 Å². The highest BCUT2D eigenvalue weighted by Gasteiger charge is 2.12. The molecule has 0 unspecified atom stereocenters. The molecule has 0 amide bonds. The fourth-order valence-electron chi connectivity index (χ4n) is 3.46. The van der Waals surface area contributed by atoms with Gasteiger partial charge in [-0.15, -0.1) is 0 Å². The first kappa shape index (κ1) is 23.4. The number of carbonyl (C=O) groups is 1. The summed E-state index contributed by atoms with van der Waals surface area (Å²) in [5.74, 6) is 1.45. The highest BCUT2D eigenvalue weighted by molar-refractivity contribution is 6.31. The first-order valence-corrected chi connectivity index (χ1v) is 11.1. The number of benzene rings is 3. The average molecular weight is 478 g/mol. The molecule has 7 heteroatoms. The van der Waals surface area contributed by atoms with Gasteiger partial charge in [0.1, 0.15) is 11.3 Å². The molecule has 0 spiro atoms. The largest absolute Gasteiger partial charge is 0.493 e. The third-order valence-corrected chi connectivity index (χ3v) is 5.30. The van der Waals surface area contributed by atoms with Gasteiger partial charge in [0.05, 0.1) is 36.9 Å². The SMILES string of the molecule is COc1ccc(-c2cc(=Nc3ccc(C(=O)OC(C)C)cc3)c3cc(Cl)ccc3o2)cc1OC. The average Bonchev–Trinajstić information content (AvgIpc) is 2.83. The number of carbonyl (C=O) groups excluding carboxylic acids is 1. The molecule has 0 bridgehead atoms. The molecule has 0 radical (unpaired) electrons. The maximum Gasteiger partial charge on any atom is 0.338 e. The predicted octanol–water partition coefficient (Wildman–Crippen LogP) is 6.57. The van der Waals surface area contributed by atoms with Gasteiger partial charge in [-0.3, -0.25) is 0 Å². The van der Waals surface area contributed by atoms with Gasteiger partial charge in [0.15, 0.2) is 11.5 Å². The maximum atomic E-state index is 12.1. The van der Waals surface area contributed by atoms with Crippen LogP contribution in [0.1, 0.15) is 24.2 Å². The lowest BCUT2D eigenvalue weighted by Crippen LogP contribution is -2.11. The van der Waals surface area contributed by atoms with Crippen molar-refractivity contribution in [2.24, 2.45) is 4.99 Å². The standard InChI is InChI=1S/C27H24ClNO5/c1-16(2)33-27(30)17-5-9-20(10-6-17)29-22-15-25(34-23-12-8-19(28)14-21(22)23)18-7-11-24(31-3)26(13-18)32-4/h5-16H,1-4H3. The number of nitrogens with zero attached hydrogens (tertiary/aromatic N) is 1. The van der Waals surface area contributed by atoms with Gasteiger partial charge < -0.3 is 18.6 Å². The van der Waals surface area contributed by atoms with Crippen LogP contribution >= 0.6 is 11.6 Å². The van der Waals surface area contributed by atoms with Gasteiger partial charge in [0.2, 0.25) is 0 Å². The Bertz CT molecular complexity index is 1410. The van der Waals surface area contributed by atoms with Gasteiger partial charge >= 0.3 is 5.97 Å². The summed E-state index contributed by atoms with van der Waals surface area (Å²) in [6.45, 7) is 3.63. The zero-order chi connectivity index (χ0) is 24.2. The van der Waals surface area contributed by atoms with E-state index in [4.69, 9.17) is 35.2 Å². The Balaban J connectivity index is 1.83. The Morgan fingerprint density at radius 1 is 0.912 bits per heavy atom. The molecular formula is C27H24ClNO5. The molecule has 0 fully saturated rings. The Hall–Kier alpha value is -3.77. The van der Waals surface area contributed by atoms with Gasteiger partial charge in [-0.25, -0.2) is 9.79 Å². The lowest BCUT2D eigenvalue weighted by molar-refractivity contribution is 0.0378. The summed E-state index contributed by atoms with van der Waals surface area (Å²) >= 11 is 6.26. The zero-order valence-electron chi connectivity index (χ0n) is 19.3. The van der Waals surface area contributed by atoms with E-state index in [0.717, 1.165) is 10.9 Å². The molecule has 0 aliphatic carbocycles. The lowest BCUT2D eigenvalue weighted by Gasteiger charge is -2.10. The molecule has 0 saturated heterocycles. The minimum atomic E-state index is -0.368. The molecule has 0 atom stereocenters. The molecule has 0 N–H and O–H groups in total. The molecule has 0 aliphatic rings. The highest BCUT2D eigenvalue weighted by atomic mass is 35.5. The van der Waals surface area contributed by atoms with Crippen molar-refractivity contribution in [3.8, 4) is 22.8 Å². The third-order valence-electron chi connectivity index (χ3n) is 5.07. The minimum Gasteiger partial charge on any atom is -0.493 e. The van der Waals surface area contributed by atoms with E-state index in [1.54, 1.807) is 44.6 Å². The summed E-state index contributed by atoms with van der Waals surface area (Å²) < 4.78 is 22.2. The van der Waals surface area contributed by atoms with Crippen LogP contribution in [0.4, 0.5) is 5.69 Å². The number of ether oxygens (including phenoxy) is 3. The van der Waals surface area contributed by atoms with Crippen molar-refractivity contribution in [2.45, 2.75) is 20.0 Å². The van der Waals surface area contributed by atoms with Crippen LogP contribution in [0.3, 0.4) is 0 Å². The Morgan fingerprint density at radius 2 is 1.65 bits per heavy atom. The van der Waals surface area contributed by atoms with Crippen molar-refractivity contribution in [3.63, 3.8) is 0 Å². The van der Waals surface area contributed by atoms with Crippen LogP contribution in [0.15, 0.2) is 76.1 Å². The van der Waals surface area contributed by atoms with E-state index in [1.807, 2.05) is 50.2 Å². The van der Waals surface area contributed by atoms with Gasteiger partial charge in [-0.1, -0.05) is 11.6 Å². The van der Waals surface area contributed by atoms with E-state index in [9.17, 15) is 4.79 Å². The molecule has 3 aromatic carbocycles. The topological polar surface area (TPSA) is 70.3 Å². The van der Waals surface area contributed by atoms with Gasteiger partial charge in [-0.05, 0) is 74.5 Å². The van der Waals surface area contributed by atoms with E-state index in [-0.39, 0.29) is 12.1 Å². The van der Waals surface area contributed by atoms with Gasteiger partial charge in [0, 0.05) is 22.0 Å². The smallest absolute Gasteiger partial charge is 0.338 e. The molecule has 4 rings (SSSR count). The Kier molecular flexibility index (Phi) is 6.89. The summed E-state index contributed by atoms with van der Waals surface area (Å²) in [4.78, 5) is 16.9. The van der Waals surface area contributed by atoms with Gasteiger partial charge in [-0.2, -0.15) is 0 Å². The van der Waals surface area contributed by atoms with E-state index in [2.05, 4.69) is 0 Å². The summed E-state index contributed by atoms with van der Waals surface area (Å²) in [6.07, 6.45) is -0.184. The van der Waals surface area contributed by atoms with Crippen LogP contribution in [0, 0.1) is 0 Å². The molecule has 4 aromatic rings. The number of hydrogen-bond donors (Lipinski definition) is 0. The van der Waals surface area contributed by atoms with Gasteiger partial charge in [0.25, 0.3) is 0 Å². The summed E-state index contributed by atoms with van der Waals surface area (Å²) in [6, 6.07) is 19.7. The Morgan fingerprint density at radius 3 is 2.32 bits per heavy atom. The van der Waals surface area contributed by atoms with Crippen molar-refractivity contribution in [1.82, 2.24) is 0 Å². The number of hydrogen-bond acceptors (Lipinski definition) is 6. The van der Waals surface area contributed by atoms with Crippen molar-refractivity contribution in [2.75, 3.05) is 14.2 Å². The molecule has 34 heavy (non-hydrogen) atoms. The molecule has 1 aromatic heterocycles. The number of esters is 1. The van der Waals surface area contributed by atoms with Crippen LogP contribution in [-0.2, 0) is 4.74 Å². The fraction of sp³-hybridized carbons (Fsp3) is 0.185. The second-order valence-electron chi connectivity index (χ2n) is 7.82. The minimum absolute atomic E-state index is 0.184. The Labute approximate surface area is 202 Å². The molecular weight excluding hydrogens is 454 g/mol. The van der Waals surface area contributed by atoms with Crippen LogP contribution in [0.5, 0.6) is 11.5 Å². The number of methoxy groups -OCH3 is 2. The fourth-order valence-corrected chi connectivity index (χ4v) is 3.63. The normalized spacial score (nSPS) is 11.6. The number of rotatable bonds is 6.